The summed E-state index contributed by atoms with van der Waals surface area (Å²) in [6.07, 6.45) is 3.84. The third kappa shape index (κ3) is 2.10. The SMILES string of the molecule is CCCCc1c(C)cccc1C. The van der Waals surface area contributed by atoms with E-state index in [9.17, 15) is 0 Å². The zero-order valence-corrected chi connectivity index (χ0v) is 8.35. The number of hydrogen-bond acceptors (Lipinski definition) is 0. The minimum Gasteiger partial charge on any atom is -0.0654 e. The first-order chi connectivity index (χ1) is 5.75. The van der Waals surface area contributed by atoms with E-state index in [4.69, 9.17) is 0 Å². The summed E-state index contributed by atoms with van der Waals surface area (Å²) in [6.45, 7) is 6.66. The topological polar surface area (TPSA) is 0 Å². The zero-order chi connectivity index (χ0) is 8.97. The van der Waals surface area contributed by atoms with Crippen molar-refractivity contribution in [3.63, 3.8) is 0 Å². The Bertz CT molecular complexity index is 228. The van der Waals surface area contributed by atoms with Crippen molar-refractivity contribution in [1.82, 2.24) is 0 Å². The molecule has 0 heteroatoms. The molecule has 0 saturated carbocycles. The molecular formula is C12H18. The van der Waals surface area contributed by atoms with E-state index in [1.807, 2.05) is 0 Å². The Morgan fingerprint density at radius 1 is 1.08 bits per heavy atom. The minimum absolute atomic E-state index is 1.25. The summed E-state index contributed by atoms with van der Waals surface area (Å²) in [5.74, 6) is 0. The van der Waals surface area contributed by atoms with Gasteiger partial charge in [0.2, 0.25) is 0 Å². The van der Waals surface area contributed by atoms with Gasteiger partial charge in [-0.15, -0.1) is 0 Å². The van der Waals surface area contributed by atoms with Gasteiger partial charge in [-0.25, -0.2) is 0 Å². The molecule has 0 heterocycles. The van der Waals surface area contributed by atoms with Crippen LogP contribution in [0, 0.1) is 13.8 Å². The number of hydrogen-bond donors (Lipinski definition) is 0. The molecule has 0 aromatic heterocycles. The molecule has 0 aliphatic heterocycles. The van der Waals surface area contributed by atoms with E-state index in [1.54, 1.807) is 5.56 Å². The van der Waals surface area contributed by atoms with E-state index in [0.29, 0.717) is 0 Å². The Kier molecular flexibility index (Phi) is 3.33. The molecule has 0 atom stereocenters. The summed E-state index contributed by atoms with van der Waals surface area (Å²) in [5, 5.41) is 0. The van der Waals surface area contributed by atoms with E-state index in [0.717, 1.165) is 0 Å². The molecule has 1 aromatic rings. The Labute approximate surface area is 75.6 Å². The third-order valence-electron chi connectivity index (χ3n) is 2.42. The van der Waals surface area contributed by atoms with Crippen LogP contribution in [0.3, 0.4) is 0 Å². The molecular weight excluding hydrogens is 144 g/mol. The maximum Gasteiger partial charge on any atom is -0.0274 e. The highest BCUT2D eigenvalue weighted by molar-refractivity contribution is 5.33. The Morgan fingerprint density at radius 3 is 2.17 bits per heavy atom. The monoisotopic (exact) mass is 162 g/mol. The normalized spacial score (nSPS) is 10.2. The van der Waals surface area contributed by atoms with Crippen LogP contribution in [-0.4, -0.2) is 0 Å². The second-order valence-electron chi connectivity index (χ2n) is 3.47. The van der Waals surface area contributed by atoms with Crippen molar-refractivity contribution in [2.24, 2.45) is 0 Å². The van der Waals surface area contributed by atoms with E-state index in [-0.39, 0.29) is 0 Å². The molecule has 0 radical (unpaired) electrons. The van der Waals surface area contributed by atoms with Crippen molar-refractivity contribution < 1.29 is 0 Å². The van der Waals surface area contributed by atoms with E-state index >= 15 is 0 Å². The average molecular weight is 162 g/mol. The lowest BCUT2D eigenvalue weighted by Gasteiger charge is -2.07. The van der Waals surface area contributed by atoms with Crippen molar-refractivity contribution in [1.29, 1.82) is 0 Å². The van der Waals surface area contributed by atoms with Crippen LogP contribution in [0.2, 0.25) is 0 Å². The average Bonchev–Trinajstić information content (AvgIpc) is 2.04. The van der Waals surface area contributed by atoms with Gasteiger partial charge in [-0.05, 0) is 43.4 Å². The van der Waals surface area contributed by atoms with Crippen molar-refractivity contribution in [3.05, 3.63) is 34.9 Å². The maximum absolute atomic E-state index is 2.24. The first kappa shape index (κ1) is 9.31. The fourth-order valence-electron chi connectivity index (χ4n) is 1.60. The van der Waals surface area contributed by atoms with Crippen LogP contribution >= 0.6 is 0 Å². The molecule has 0 aliphatic carbocycles. The van der Waals surface area contributed by atoms with Crippen molar-refractivity contribution in [3.8, 4) is 0 Å². The first-order valence-corrected chi connectivity index (χ1v) is 4.80. The van der Waals surface area contributed by atoms with Gasteiger partial charge in [0.15, 0.2) is 0 Å². The van der Waals surface area contributed by atoms with Gasteiger partial charge in [-0.1, -0.05) is 31.5 Å². The van der Waals surface area contributed by atoms with Crippen molar-refractivity contribution in [2.75, 3.05) is 0 Å². The zero-order valence-electron chi connectivity index (χ0n) is 8.35. The lowest BCUT2D eigenvalue weighted by Crippen LogP contribution is -1.92. The summed E-state index contributed by atoms with van der Waals surface area (Å²) in [6, 6.07) is 6.55. The quantitative estimate of drug-likeness (QED) is 0.636. The molecule has 0 spiro atoms. The molecule has 1 rings (SSSR count). The molecule has 0 amide bonds. The van der Waals surface area contributed by atoms with Gasteiger partial charge in [0.1, 0.15) is 0 Å². The summed E-state index contributed by atoms with van der Waals surface area (Å²) in [7, 11) is 0. The highest BCUT2D eigenvalue weighted by Gasteiger charge is 1.99. The van der Waals surface area contributed by atoms with E-state index < -0.39 is 0 Å². The number of unbranched alkanes of at least 4 members (excludes halogenated alkanes) is 1. The van der Waals surface area contributed by atoms with Gasteiger partial charge in [0.25, 0.3) is 0 Å². The van der Waals surface area contributed by atoms with Gasteiger partial charge < -0.3 is 0 Å². The van der Waals surface area contributed by atoms with Crippen molar-refractivity contribution in [2.45, 2.75) is 40.0 Å². The number of aryl methyl sites for hydroxylation is 2. The highest BCUT2D eigenvalue weighted by atomic mass is 14.0. The predicted octanol–water partition coefficient (Wildman–Crippen LogP) is 3.65. The number of rotatable bonds is 3. The van der Waals surface area contributed by atoms with Crippen LogP contribution in [0.25, 0.3) is 0 Å². The van der Waals surface area contributed by atoms with Crippen LogP contribution in [0.1, 0.15) is 36.5 Å². The lowest BCUT2D eigenvalue weighted by atomic mass is 9.98. The standard InChI is InChI=1S/C12H18/c1-4-5-9-12-10(2)7-6-8-11(12)3/h6-8H,4-5,9H2,1-3H3. The Hall–Kier alpha value is -0.780. The van der Waals surface area contributed by atoms with Gasteiger partial charge in [-0.3, -0.25) is 0 Å². The summed E-state index contributed by atoms with van der Waals surface area (Å²) in [5.41, 5.74) is 4.45. The summed E-state index contributed by atoms with van der Waals surface area (Å²) in [4.78, 5) is 0. The Morgan fingerprint density at radius 2 is 1.67 bits per heavy atom. The molecule has 0 bridgehead atoms. The minimum atomic E-state index is 1.25. The fourth-order valence-corrected chi connectivity index (χ4v) is 1.60. The fraction of sp³-hybridized carbons (Fsp3) is 0.500. The largest absolute Gasteiger partial charge is 0.0654 e. The van der Waals surface area contributed by atoms with Gasteiger partial charge >= 0.3 is 0 Å². The second kappa shape index (κ2) is 4.30. The molecule has 66 valence electrons. The van der Waals surface area contributed by atoms with Gasteiger partial charge in [0, 0.05) is 0 Å². The molecule has 12 heavy (non-hydrogen) atoms. The summed E-state index contributed by atoms with van der Waals surface area (Å²) >= 11 is 0. The van der Waals surface area contributed by atoms with Crippen LogP contribution in [-0.2, 0) is 6.42 Å². The molecule has 0 fully saturated rings. The lowest BCUT2D eigenvalue weighted by molar-refractivity contribution is 0.787. The van der Waals surface area contributed by atoms with Gasteiger partial charge in [-0.2, -0.15) is 0 Å². The van der Waals surface area contributed by atoms with Crippen molar-refractivity contribution >= 4 is 0 Å². The first-order valence-electron chi connectivity index (χ1n) is 4.80. The summed E-state index contributed by atoms with van der Waals surface area (Å²) < 4.78 is 0. The van der Waals surface area contributed by atoms with Gasteiger partial charge in [0.05, 0.1) is 0 Å². The third-order valence-corrected chi connectivity index (χ3v) is 2.42. The molecule has 0 aliphatic rings. The Balaban J connectivity index is 2.81. The van der Waals surface area contributed by atoms with Crippen LogP contribution in [0.4, 0.5) is 0 Å². The van der Waals surface area contributed by atoms with Crippen LogP contribution in [0.15, 0.2) is 18.2 Å². The molecule has 0 unspecified atom stereocenters. The van der Waals surface area contributed by atoms with E-state index in [2.05, 4.69) is 39.0 Å². The molecule has 0 N–H and O–H groups in total. The molecule has 0 saturated heterocycles. The van der Waals surface area contributed by atoms with Crippen LogP contribution < -0.4 is 0 Å². The second-order valence-corrected chi connectivity index (χ2v) is 3.47. The molecule has 0 nitrogen and oxygen atoms in total. The van der Waals surface area contributed by atoms with E-state index in [1.165, 1.54) is 30.4 Å². The maximum atomic E-state index is 2.24. The highest BCUT2D eigenvalue weighted by Crippen LogP contribution is 2.15. The molecule has 1 aromatic carbocycles. The van der Waals surface area contributed by atoms with Crippen LogP contribution in [0.5, 0.6) is 0 Å². The predicted molar refractivity (Wildman–Crippen MR) is 54.5 cm³/mol. The number of benzene rings is 1. The smallest absolute Gasteiger partial charge is 0.0274 e.